The summed E-state index contributed by atoms with van der Waals surface area (Å²) in [6.07, 6.45) is 3.00. The van der Waals surface area contributed by atoms with E-state index in [1.807, 2.05) is 0 Å². The highest BCUT2D eigenvalue weighted by molar-refractivity contribution is 4.44. The first-order valence-corrected chi connectivity index (χ1v) is 7.41. The maximum Gasteiger partial charge on any atom is 0.100 e. The molecule has 132 valence electrons. The minimum Gasteiger partial charge on any atom is -0.394 e. The van der Waals surface area contributed by atoms with E-state index in [2.05, 4.69) is 13.8 Å². The van der Waals surface area contributed by atoms with E-state index >= 15 is 0 Å². The molecule has 6 N–H and O–H groups in total. The summed E-state index contributed by atoms with van der Waals surface area (Å²) in [7, 11) is 0. The summed E-state index contributed by atoms with van der Waals surface area (Å²) in [5, 5.41) is 48.0. The Labute approximate surface area is 127 Å². The lowest BCUT2D eigenvalue weighted by Crippen LogP contribution is -2.15. The molecule has 0 saturated carbocycles. The molecule has 0 spiro atoms. The van der Waals surface area contributed by atoms with Gasteiger partial charge < -0.3 is 35.4 Å². The van der Waals surface area contributed by atoms with Crippen molar-refractivity contribution < 1.29 is 35.4 Å². The largest absolute Gasteiger partial charge is 0.394 e. The average Bonchev–Trinajstić information content (AvgIpc) is 2.54. The van der Waals surface area contributed by atoms with Crippen LogP contribution in [0.5, 0.6) is 0 Å². The summed E-state index contributed by atoms with van der Waals surface area (Å²) in [6, 6.07) is 0. The van der Waals surface area contributed by atoms with Crippen LogP contribution in [0.4, 0.5) is 0 Å². The zero-order valence-electron chi connectivity index (χ0n) is 13.3. The van der Waals surface area contributed by atoms with Crippen LogP contribution in [0.3, 0.4) is 0 Å². The molecule has 0 aromatic heterocycles. The molecule has 0 atom stereocenters. The monoisotopic (exact) mass is 314 g/mol. The zero-order valence-corrected chi connectivity index (χ0v) is 13.3. The molecule has 7 nitrogen and oxygen atoms in total. The van der Waals surface area contributed by atoms with Gasteiger partial charge in [0.05, 0.1) is 26.4 Å². The maximum absolute atomic E-state index is 8.17. The molecule has 0 aromatic carbocycles. The molecule has 0 amide bonds. The third-order valence-corrected chi connectivity index (χ3v) is 2.13. The van der Waals surface area contributed by atoms with Gasteiger partial charge in [0.2, 0.25) is 0 Å². The predicted molar refractivity (Wildman–Crippen MR) is 81.0 cm³/mol. The van der Waals surface area contributed by atoms with Crippen LogP contribution in [-0.2, 0) is 4.74 Å². The Balaban J connectivity index is -0.000000240. The number of hydrogen-bond donors (Lipinski definition) is 6. The van der Waals surface area contributed by atoms with Crippen molar-refractivity contribution in [2.75, 3.05) is 39.6 Å². The minimum absolute atomic E-state index is 0.365. The molecule has 0 saturated heterocycles. The lowest BCUT2D eigenvalue weighted by Gasteiger charge is -1.99. The topological polar surface area (TPSA) is 131 Å². The standard InChI is InChI=1S/C8H18O.2C3H8O3/c1-3-5-7-9-8-6-4-2;2*4-1-3(6)2-5/h3-8H2,1-2H3;2*3-6H,1-2H2. The first-order chi connectivity index (χ1) is 10.0. The van der Waals surface area contributed by atoms with Gasteiger partial charge in [-0.25, -0.2) is 0 Å². The number of rotatable bonds is 10. The quantitative estimate of drug-likeness (QED) is 0.293. The Morgan fingerprint density at radius 1 is 0.667 bits per heavy atom. The number of unbranched alkanes of at least 4 members (excludes halogenated alkanes) is 2. The van der Waals surface area contributed by atoms with E-state index in [0.29, 0.717) is 0 Å². The van der Waals surface area contributed by atoms with Crippen molar-refractivity contribution in [3.63, 3.8) is 0 Å². The molecule has 0 aromatic rings. The summed E-state index contributed by atoms with van der Waals surface area (Å²) in [5.74, 6) is 0. The fourth-order valence-corrected chi connectivity index (χ4v) is 0.710. The van der Waals surface area contributed by atoms with E-state index < -0.39 is 12.2 Å². The van der Waals surface area contributed by atoms with Gasteiger partial charge in [-0.2, -0.15) is 0 Å². The predicted octanol–water partition coefficient (Wildman–Crippen LogP) is -0.733. The normalized spacial score (nSPS) is 10.0. The van der Waals surface area contributed by atoms with Crippen LogP contribution in [0, 0.1) is 0 Å². The molecule has 0 radical (unpaired) electrons. The molecule has 0 aliphatic carbocycles. The molecular weight excluding hydrogens is 280 g/mol. The first-order valence-electron chi connectivity index (χ1n) is 7.41. The molecule has 0 heterocycles. The zero-order chi connectivity index (χ0) is 16.9. The summed E-state index contributed by atoms with van der Waals surface area (Å²) >= 11 is 0. The van der Waals surface area contributed by atoms with Gasteiger partial charge in [-0.1, -0.05) is 26.7 Å². The van der Waals surface area contributed by atoms with Gasteiger partial charge in [-0.15, -0.1) is 0 Å². The Kier molecular flexibility index (Phi) is 30.2. The van der Waals surface area contributed by atoms with Crippen molar-refractivity contribution in [2.45, 2.75) is 51.7 Å². The van der Waals surface area contributed by atoms with Crippen molar-refractivity contribution in [1.82, 2.24) is 0 Å². The number of hydrogen-bond acceptors (Lipinski definition) is 7. The van der Waals surface area contributed by atoms with Crippen molar-refractivity contribution in [3.8, 4) is 0 Å². The van der Waals surface area contributed by atoms with Crippen molar-refractivity contribution in [1.29, 1.82) is 0 Å². The third kappa shape index (κ3) is 32.9. The number of aliphatic hydroxyl groups is 6. The summed E-state index contributed by atoms with van der Waals surface area (Å²) in [6.45, 7) is 4.82. The summed E-state index contributed by atoms with van der Waals surface area (Å²) in [4.78, 5) is 0. The van der Waals surface area contributed by atoms with Crippen molar-refractivity contribution in [2.24, 2.45) is 0 Å². The van der Waals surface area contributed by atoms with Crippen LogP contribution in [0.25, 0.3) is 0 Å². The minimum atomic E-state index is -0.954. The van der Waals surface area contributed by atoms with Gasteiger partial charge in [0, 0.05) is 13.2 Å². The van der Waals surface area contributed by atoms with Crippen LogP contribution in [-0.4, -0.2) is 82.5 Å². The third-order valence-electron chi connectivity index (χ3n) is 2.13. The average molecular weight is 314 g/mol. The summed E-state index contributed by atoms with van der Waals surface area (Å²) in [5.41, 5.74) is 0. The second kappa shape index (κ2) is 24.7. The highest BCUT2D eigenvalue weighted by Crippen LogP contribution is 1.91. The number of aliphatic hydroxyl groups excluding tert-OH is 6. The van der Waals surface area contributed by atoms with Gasteiger partial charge in [0.25, 0.3) is 0 Å². The lowest BCUT2D eigenvalue weighted by molar-refractivity contribution is 0.0450. The SMILES string of the molecule is CCCCOCCCC.OCC(O)CO.OCC(O)CO. The van der Waals surface area contributed by atoms with Gasteiger partial charge in [0.1, 0.15) is 12.2 Å². The maximum atomic E-state index is 8.17. The Morgan fingerprint density at radius 2 is 0.952 bits per heavy atom. The Bertz CT molecular complexity index is 134. The van der Waals surface area contributed by atoms with Gasteiger partial charge in [-0.05, 0) is 12.8 Å². The van der Waals surface area contributed by atoms with Crippen molar-refractivity contribution >= 4 is 0 Å². The lowest BCUT2D eigenvalue weighted by atomic mass is 10.3. The van der Waals surface area contributed by atoms with E-state index in [1.165, 1.54) is 25.7 Å². The molecule has 0 unspecified atom stereocenters. The van der Waals surface area contributed by atoms with Crippen LogP contribution in [0.15, 0.2) is 0 Å². The second-order valence-corrected chi connectivity index (χ2v) is 4.36. The van der Waals surface area contributed by atoms with E-state index in [4.69, 9.17) is 35.4 Å². The molecule has 7 heteroatoms. The van der Waals surface area contributed by atoms with Gasteiger partial charge >= 0.3 is 0 Å². The molecule has 0 rings (SSSR count). The highest BCUT2D eigenvalue weighted by Gasteiger charge is 1.94. The molecule has 0 aliphatic rings. The highest BCUT2D eigenvalue weighted by atomic mass is 16.5. The molecule has 0 aliphatic heterocycles. The van der Waals surface area contributed by atoms with Gasteiger partial charge in [0.15, 0.2) is 0 Å². The molecular formula is C14H34O7. The van der Waals surface area contributed by atoms with Crippen LogP contribution >= 0.6 is 0 Å². The summed E-state index contributed by atoms with van der Waals surface area (Å²) < 4.78 is 5.31. The first kappa shape index (κ1) is 25.7. The second-order valence-electron chi connectivity index (χ2n) is 4.36. The van der Waals surface area contributed by atoms with Crippen molar-refractivity contribution in [3.05, 3.63) is 0 Å². The molecule has 0 fully saturated rings. The van der Waals surface area contributed by atoms with E-state index in [9.17, 15) is 0 Å². The molecule has 0 bridgehead atoms. The Hall–Kier alpha value is -0.280. The molecule has 21 heavy (non-hydrogen) atoms. The van der Waals surface area contributed by atoms with Crippen LogP contribution < -0.4 is 0 Å². The van der Waals surface area contributed by atoms with Gasteiger partial charge in [-0.3, -0.25) is 0 Å². The fraction of sp³-hybridized carbons (Fsp3) is 1.00. The van der Waals surface area contributed by atoms with E-state index in [-0.39, 0.29) is 26.4 Å². The van der Waals surface area contributed by atoms with E-state index in [0.717, 1.165) is 13.2 Å². The van der Waals surface area contributed by atoms with Crippen LogP contribution in [0.2, 0.25) is 0 Å². The smallest absolute Gasteiger partial charge is 0.100 e. The Morgan fingerprint density at radius 3 is 1.10 bits per heavy atom. The number of ether oxygens (including phenoxy) is 1. The van der Waals surface area contributed by atoms with Crippen LogP contribution in [0.1, 0.15) is 39.5 Å². The van der Waals surface area contributed by atoms with E-state index in [1.54, 1.807) is 0 Å². The fourth-order valence-electron chi connectivity index (χ4n) is 0.710.